The van der Waals surface area contributed by atoms with Gasteiger partial charge in [-0.3, -0.25) is 4.31 Å². The monoisotopic (exact) mass is 463 g/mol. The largest absolute Gasteiger partial charge is 0.495 e. The Hall–Kier alpha value is -2.09. The van der Waals surface area contributed by atoms with Gasteiger partial charge in [-0.1, -0.05) is 57.5 Å². The summed E-state index contributed by atoms with van der Waals surface area (Å²) in [6, 6.07) is 13.8. The van der Waals surface area contributed by atoms with Gasteiger partial charge < -0.3 is 14.7 Å². The van der Waals surface area contributed by atoms with Crippen molar-refractivity contribution in [2.24, 2.45) is 11.8 Å². The molecule has 2 aromatic carbocycles. The molecule has 178 valence electrons. The highest BCUT2D eigenvalue weighted by Gasteiger charge is 2.30. The molecule has 0 saturated heterocycles. The van der Waals surface area contributed by atoms with E-state index >= 15 is 0 Å². The molecule has 0 spiro atoms. The number of aryl methyl sites for hydroxylation is 1. The Morgan fingerprint density at radius 1 is 0.938 bits per heavy atom. The third-order valence-electron chi connectivity index (χ3n) is 5.26. The maximum absolute atomic E-state index is 13.6. The van der Waals surface area contributed by atoms with Crippen LogP contribution in [0, 0.1) is 18.8 Å². The number of aliphatic hydroxyl groups is 1. The van der Waals surface area contributed by atoms with Crippen molar-refractivity contribution >= 4 is 15.7 Å². The molecule has 0 aromatic heterocycles. The zero-order valence-electron chi connectivity index (χ0n) is 20.2. The number of aliphatic hydroxyl groups excluding tert-OH is 1. The van der Waals surface area contributed by atoms with E-state index in [-0.39, 0.29) is 11.4 Å². The second-order valence-electron chi connectivity index (χ2n) is 9.32. The lowest BCUT2D eigenvalue weighted by molar-refractivity contribution is -0.909. The smallest absolute Gasteiger partial charge is 0.264 e. The highest BCUT2D eigenvalue weighted by atomic mass is 32.2. The number of hydrogen-bond donors (Lipinski definition) is 2. The molecule has 0 aliphatic carbocycles. The molecule has 1 atom stereocenters. The molecule has 0 fully saturated rings. The lowest BCUT2D eigenvalue weighted by atomic mass is 10.1. The molecule has 0 aliphatic heterocycles. The summed E-state index contributed by atoms with van der Waals surface area (Å²) in [6.45, 7) is 12.8. The molecule has 7 heteroatoms. The molecule has 0 radical (unpaired) electrons. The van der Waals surface area contributed by atoms with Crippen LogP contribution in [0.25, 0.3) is 0 Å². The normalized spacial score (nSPS) is 13.1. The van der Waals surface area contributed by atoms with Crippen LogP contribution in [0.4, 0.5) is 5.69 Å². The fourth-order valence-electron chi connectivity index (χ4n) is 3.99. The molecule has 2 N–H and O–H groups in total. The Labute approximate surface area is 193 Å². The van der Waals surface area contributed by atoms with Crippen LogP contribution < -0.4 is 13.9 Å². The molecule has 2 aromatic rings. The summed E-state index contributed by atoms with van der Waals surface area (Å²) in [7, 11) is -2.38. The number of rotatable bonds is 12. The van der Waals surface area contributed by atoms with Gasteiger partial charge in [-0.25, -0.2) is 8.42 Å². The average Bonchev–Trinajstić information content (AvgIpc) is 2.71. The Morgan fingerprint density at radius 3 is 2.03 bits per heavy atom. The molecule has 0 heterocycles. The molecule has 6 nitrogen and oxygen atoms in total. The predicted molar refractivity (Wildman–Crippen MR) is 130 cm³/mol. The Morgan fingerprint density at radius 2 is 1.50 bits per heavy atom. The number of quaternary nitrogens is 1. The minimum absolute atomic E-state index is 0.0454. The van der Waals surface area contributed by atoms with Gasteiger partial charge >= 0.3 is 0 Å². The number of anilines is 1. The van der Waals surface area contributed by atoms with Crippen molar-refractivity contribution in [2.75, 3.05) is 37.6 Å². The number of nitrogens with zero attached hydrogens (tertiary/aromatic N) is 1. The SMILES string of the molecule is COc1ccccc1N(C[C@H](O)C[NH+](CC(C)C)CC(C)C)S(=O)(=O)c1ccc(C)cc1. The molecule has 0 unspecified atom stereocenters. The molecule has 0 amide bonds. The number of ether oxygens (including phenoxy) is 1. The third kappa shape index (κ3) is 7.22. The molecule has 0 aliphatic rings. The first kappa shape index (κ1) is 26.2. The summed E-state index contributed by atoms with van der Waals surface area (Å²) in [5.74, 6) is 1.42. The lowest BCUT2D eigenvalue weighted by Gasteiger charge is -2.30. The standard InChI is InChI=1S/C25H38N2O4S/c1-19(2)15-26(16-20(3)4)17-22(28)18-27(24-9-7-8-10-25(24)31-6)32(29,30)23-13-11-21(5)12-14-23/h7-14,19-20,22,28H,15-18H2,1-6H3/p+1/t22-/m1/s1. The quantitative estimate of drug-likeness (QED) is 0.508. The topological polar surface area (TPSA) is 71.3 Å². The predicted octanol–water partition coefficient (Wildman–Crippen LogP) is 2.76. The van der Waals surface area contributed by atoms with Gasteiger partial charge in [-0.05, 0) is 31.2 Å². The number of methoxy groups -OCH3 is 1. The van der Waals surface area contributed by atoms with Crippen LogP contribution in [-0.2, 0) is 10.0 Å². The van der Waals surface area contributed by atoms with Crippen LogP contribution in [0.1, 0.15) is 33.3 Å². The molecular formula is C25H39N2O4S+. The number of sulfonamides is 1. The first-order valence-electron chi connectivity index (χ1n) is 11.3. The number of para-hydroxylation sites is 2. The van der Waals surface area contributed by atoms with Crippen LogP contribution in [-0.4, -0.2) is 52.9 Å². The van der Waals surface area contributed by atoms with E-state index in [0.717, 1.165) is 18.7 Å². The molecule has 2 rings (SSSR count). The molecule has 0 bridgehead atoms. The van der Waals surface area contributed by atoms with Crippen molar-refractivity contribution in [1.82, 2.24) is 0 Å². The number of hydrogen-bond acceptors (Lipinski definition) is 4. The zero-order chi connectivity index (χ0) is 23.9. The molecule has 32 heavy (non-hydrogen) atoms. The summed E-state index contributed by atoms with van der Waals surface area (Å²) in [5.41, 5.74) is 1.40. The van der Waals surface area contributed by atoms with E-state index in [2.05, 4.69) is 27.7 Å². The summed E-state index contributed by atoms with van der Waals surface area (Å²) in [5, 5.41) is 11.0. The van der Waals surface area contributed by atoms with Crippen molar-refractivity contribution in [3.63, 3.8) is 0 Å². The highest BCUT2D eigenvalue weighted by Crippen LogP contribution is 2.32. The van der Waals surface area contributed by atoms with E-state index in [1.54, 1.807) is 48.5 Å². The van der Waals surface area contributed by atoms with Crippen molar-refractivity contribution in [3.05, 3.63) is 54.1 Å². The van der Waals surface area contributed by atoms with Crippen molar-refractivity contribution in [1.29, 1.82) is 0 Å². The zero-order valence-corrected chi connectivity index (χ0v) is 21.0. The fourth-order valence-corrected chi connectivity index (χ4v) is 5.51. The van der Waals surface area contributed by atoms with Gasteiger partial charge in [-0.15, -0.1) is 0 Å². The minimum atomic E-state index is -3.90. The van der Waals surface area contributed by atoms with E-state index in [4.69, 9.17) is 4.74 Å². The van der Waals surface area contributed by atoms with Crippen LogP contribution in [0.2, 0.25) is 0 Å². The Balaban J connectivity index is 2.39. The average molecular weight is 464 g/mol. The molecular weight excluding hydrogens is 424 g/mol. The number of benzene rings is 2. The summed E-state index contributed by atoms with van der Waals surface area (Å²) in [4.78, 5) is 1.46. The van der Waals surface area contributed by atoms with Gasteiger partial charge in [0.1, 0.15) is 18.4 Å². The van der Waals surface area contributed by atoms with Crippen LogP contribution in [0.5, 0.6) is 5.75 Å². The fraction of sp³-hybridized carbons (Fsp3) is 0.520. The molecule has 0 saturated carbocycles. The summed E-state index contributed by atoms with van der Waals surface area (Å²) >= 11 is 0. The van der Waals surface area contributed by atoms with Gasteiger partial charge in [0.25, 0.3) is 10.0 Å². The van der Waals surface area contributed by atoms with Crippen molar-refractivity contribution in [2.45, 2.75) is 45.6 Å². The lowest BCUT2D eigenvalue weighted by Crippen LogP contribution is -3.14. The second-order valence-corrected chi connectivity index (χ2v) is 11.2. The minimum Gasteiger partial charge on any atom is -0.495 e. The van der Waals surface area contributed by atoms with Crippen molar-refractivity contribution in [3.8, 4) is 5.75 Å². The number of nitrogens with one attached hydrogen (secondary N) is 1. The van der Waals surface area contributed by atoms with E-state index < -0.39 is 16.1 Å². The van der Waals surface area contributed by atoms with Gasteiger partial charge in [0.15, 0.2) is 0 Å². The second kappa shape index (κ2) is 11.7. The highest BCUT2D eigenvalue weighted by molar-refractivity contribution is 7.92. The van der Waals surface area contributed by atoms with Crippen molar-refractivity contribution < 1.29 is 23.2 Å². The van der Waals surface area contributed by atoms with E-state index in [1.807, 2.05) is 6.92 Å². The van der Waals surface area contributed by atoms with E-state index in [1.165, 1.54) is 16.3 Å². The van der Waals surface area contributed by atoms with E-state index in [0.29, 0.717) is 29.8 Å². The van der Waals surface area contributed by atoms with Crippen LogP contribution in [0.3, 0.4) is 0 Å². The third-order valence-corrected chi connectivity index (χ3v) is 7.05. The Bertz CT molecular complexity index is 933. The maximum Gasteiger partial charge on any atom is 0.264 e. The summed E-state index contributed by atoms with van der Waals surface area (Å²) < 4.78 is 34.0. The van der Waals surface area contributed by atoms with E-state index in [9.17, 15) is 13.5 Å². The Kier molecular flexibility index (Phi) is 9.55. The summed E-state index contributed by atoms with van der Waals surface area (Å²) in [6.07, 6.45) is -0.826. The maximum atomic E-state index is 13.6. The first-order chi connectivity index (χ1) is 15.0. The van der Waals surface area contributed by atoms with Gasteiger partial charge in [0.05, 0.1) is 37.3 Å². The van der Waals surface area contributed by atoms with Gasteiger partial charge in [0, 0.05) is 11.8 Å². The van der Waals surface area contributed by atoms with Crippen LogP contribution >= 0.6 is 0 Å². The van der Waals surface area contributed by atoms with Crippen LogP contribution in [0.15, 0.2) is 53.4 Å². The van der Waals surface area contributed by atoms with Gasteiger partial charge in [0.2, 0.25) is 0 Å². The first-order valence-corrected chi connectivity index (χ1v) is 12.7. The van der Waals surface area contributed by atoms with Gasteiger partial charge in [-0.2, -0.15) is 0 Å².